The van der Waals surface area contributed by atoms with Crippen LogP contribution in [0, 0.1) is 12.3 Å². The average molecular weight is 185 g/mol. The summed E-state index contributed by atoms with van der Waals surface area (Å²) in [7, 11) is 0. The van der Waals surface area contributed by atoms with Crippen LogP contribution in [0.15, 0.2) is 24.3 Å². The first-order valence-electron chi connectivity index (χ1n) is 4.04. The van der Waals surface area contributed by atoms with Gasteiger partial charge in [0.2, 0.25) is 0 Å². The summed E-state index contributed by atoms with van der Waals surface area (Å²) in [6.45, 7) is 0. The summed E-state index contributed by atoms with van der Waals surface area (Å²) < 4.78 is 0. The van der Waals surface area contributed by atoms with E-state index in [-0.39, 0.29) is 5.56 Å². The number of para-hydroxylation sites is 1. The van der Waals surface area contributed by atoms with Crippen LogP contribution >= 0.6 is 0 Å². The number of carboxylic acid groups (broad SMARTS) is 1. The highest BCUT2D eigenvalue weighted by molar-refractivity contribution is 6.05. The van der Waals surface area contributed by atoms with Crippen LogP contribution in [0.2, 0.25) is 0 Å². The first-order chi connectivity index (χ1) is 6.74. The number of carboxylic acids is 1. The van der Waals surface area contributed by atoms with Gasteiger partial charge in [-0.05, 0) is 6.07 Å². The molecule has 1 heterocycles. The topological polar surface area (TPSA) is 53.1 Å². The van der Waals surface area contributed by atoms with Crippen molar-refractivity contribution in [2.45, 2.75) is 0 Å². The zero-order valence-corrected chi connectivity index (χ0v) is 7.24. The van der Waals surface area contributed by atoms with Gasteiger partial charge in [0.1, 0.15) is 11.3 Å². The van der Waals surface area contributed by atoms with E-state index in [1.54, 1.807) is 18.2 Å². The molecule has 0 radical (unpaired) electrons. The van der Waals surface area contributed by atoms with E-state index in [2.05, 4.69) is 10.9 Å². The third kappa shape index (κ3) is 1.05. The molecule has 1 aromatic carbocycles. The van der Waals surface area contributed by atoms with E-state index in [0.29, 0.717) is 11.1 Å². The number of fused-ring (bicyclic) bond motifs is 1. The molecule has 0 saturated carbocycles. The first-order valence-corrected chi connectivity index (χ1v) is 4.04. The van der Waals surface area contributed by atoms with Crippen molar-refractivity contribution >= 4 is 16.9 Å². The SMILES string of the molecule is C#Cc1[nH]c2ccccc2c1C(=O)O. The van der Waals surface area contributed by atoms with Crippen LogP contribution < -0.4 is 0 Å². The van der Waals surface area contributed by atoms with E-state index < -0.39 is 5.97 Å². The van der Waals surface area contributed by atoms with Gasteiger partial charge >= 0.3 is 5.97 Å². The molecule has 0 atom stereocenters. The molecular formula is C11H7NO2. The fourth-order valence-electron chi connectivity index (χ4n) is 1.47. The van der Waals surface area contributed by atoms with Crippen LogP contribution in [0.4, 0.5) is 0 Å². The average Bonchev–Trinajstić information content (AvgIpc) is 2.55. The minimum absolute atomic E-state index is 0.170. The van der Waals surface area contributed by atoms with Crippen molar-refractivity contribution in [3.05, 3.63) is 35.5 Å². The Morgan fingerprint density at radius 1 is 1.43 bits per heavy atom. The van der Waals surface area contributed by atoms with Crippen molar-refractivity contribution in [2.75, 3.05) is 0 Å². The van der Waals surface area contributed by atoms with Gasteiger partial charge in [-0.25, -0.2) is 4.79 Å². The second-order valence-corrected chi connectivity index (χ2v) is 2.87. The van der Waals surface area contributed by atoms with Gasteiger partial charge in [-0.1, -0.05) is 24.1 Å². The molecule has 0 aliphatic rings. The number of nitrogens with one attached hydrogen (secondary N) is 1. The lowest BCUT2D eigenvalue weighted by molar-refractivity contribution is 0.0699. The predicted molar refractivity (Wildman–Crippen MR) is 53.2 cm³/mol. The number of aromatic carboxylic acids is 1. The Balaban J connectivity index is 2.89. The molecule has 3 nitrogen and oxygen atoms in total. The van der Waals surface area contributed by atoms with Gasteiger partial charge in [0.25, 0.3) is 0 Å². The van der Waals surface area contributed by atoms with Crippen LogP contribution in [-0.2, 0) is 0 Å². The zero-order chi connectivity index (χ0) is 10.1. The molecule has 1 aromatic heterocycles. The van der Waals surface area contributed by atoms with Crippen LogP contribution in [0.5, 0.6) is 0 Å². The number of rotatable bonds is 1. The zero-order valence-electron chi connectivity index (χ0n) is 7.24. The second kappa shape index (κ2) is 2.93. The molecule has 0 unspecified atom stereocenters. The molecular weight excluding hydrogens is 178 g/mol. The Kier molecular flexibility index (Phi) is 1.76. The van der Waals surface area contributed by atoms with Gasteiger partial charge < -0.3 is 10.1 Å². The highest BCUT2D eigenvalue weighted by atomic mass is 16.4. The fourth-order valence-corrected chi connectivity index (χ4v) is 1.47. The molecule has 0 amide bonds. The minimum atomic E-state index is -1.00. The Bertz CT molecular complexity index is 546. The quantitative estimate of drug-likeness (QED) is 0.666. The van der Waals surface area contributed by atoms with Crippen LogP contribution in [0.1, 0.15) is 16.1 Å². The highest BCUT2D eigenvalue weighted by Gasteiger charge is 2.15. The lowest BCUT2D eigenvalue weighted by Gasteiger charge is -1.91. The van der Waals surface area contributed by atoms with E-state index in [9.17, 15) is 4.79 Å². The maximum atomic E-state index is 10.9. The highest BCUT2D eigenvalue weighted by Crippen LogP contribution is 2.21. The van der Waals surface area contributed by atoms with Crippen molar-refractivity contribution in [3.8, 4) is 12.3 Å². The summed E-state index contributed by atoms with van der Waals surface area (Å²) >= 11 is 0. The largest absolute Gasteiger partial charge is 0.478 e. The predicted octanol–water partition coefficient (Wildman–Crippen LogP) is 1.85. The van der Waals surface area contributed by atoms with Crippen LogP contribution in [0.3, 0.4) is 0 Å². The third-order valence-corrected chi connectivity index (χ3v) is 2.06. The minimum Gasteiger partial charge on any atom is -0.478 e. The van der Waals surface area contributed by atoms with Gasteiger partial charge in [0, 0.05) is 10.9 Å². The molecule has 0 saturated heterocycles. The summed E-state index contributed by atoms with van der Waals surface area (Å²) in [5, 5.41) is 9.61. The van der Waals surface area contributed by atoms with E-state index in [1.807, 2.05) is 6.07 Å². The van der Waals surface area contributed by atoms with Crippen molar-refractivity contribution in [3.63, 3.8) is 0 Å². The van der Waals surface area contributed by atoms with E-state index in [0.717, 1.165) is 5.52 Å². The lowest BCUT2D eigenvalue weighted by atomic mass is 10.1. The van der Waals surface area contributed by atoms with E-state index in [1.165, 1.54) is 0 Å². The van der Waals surface area contributed by atoms with Gasteiger partial charge in [-0.2, -0.15) is 0 Å². The Hall–Kier alpha value is -2.21. The molecule has 68 valence electrons. The molecule has 2 rings (SSSR count). The standard InChI is InChI=1S/C11H7NO2/c1-2-8-10(11(13)14)7-5-3-4-6-9(7)12-8/h1,3-6,12H,(H,13,14). The fraction of sp³-hybridized carbons (Fsp3) is 0. The number of carbonyl (C=O) groups is 1. The molecule has 0 aliphatic heterocycles. The number of benzene rings is 1. The number of aromatic amines is 1. The van der Waals surface area contributed by atoms with Gasteiger partial charge in [-0.15, -0.1) is 6.42 Å². The molecule has 0 aliphatic carbocycles. The summed E-state index contributed by atoms with van der Waals surface area (Å²) in [4.78, 5) is 13.8. The number of hydrogen-bond donors (Lipinski definition) is 2. The molecule has 3 heteroatoms. The van der Waals surface area contributed by atoms with Crippen LogP contribution in [-0.4, -0.2) is 16.1 Å². The number of H-pyrrole nitrogens is 1. The molecule has 2 N–H and O–H groups in total. The monoisotopic (exact) mass is 185 g/mol. The summed E-state index contributed by atoms with van der Waals surface area (Å²) in [6, 6.07) is 7.13. The molecule has 2 aromatic rings. The van der Waals surface area contributed by atoms with E-state index >= 15 is 0 Å². The van der Waals surface area contributed by atoms with Gasteiger partial charge in [-0.3, -0.25) is 0 Å². The molecule has 0 spiro atoms. The Morgan fingerprint density at radius 2 is 2.14 bits per heavy atom. The Morgan fingerprint density at radius 3 is 2.79 bits per heavy atom. The maximum absolute atomic E-state index is 10.9. The van der Waals surface area contributed by atoms with Crippen molar-refractivity contribution in [1.82, 2.24) is 4.98 Å². The first kappa shape index (κ1) is 8.39. The Labute approximate surface area is 80.4 Å². The molecule has 0 bridgehead atoms. The van der Waals surface area contributed by atoms with Crippen molar-refractivity contribution in [1.29, 1.82) is 0 Å². The number of hydrogen-bond acceptors (Lipinski definition) is 1. The number of aromatic nitrogens is 1. The summed E-state index contributed by atoms with van der Waals surface area (Å²) in [5.41, 5.74) is 1.24. The third-order valence-electron chi connectivity index (χ3n) is 2.06. The van der Waals surface area contributed by atoms with Crippen molar-refractivity contribution in [2.24, 2.45) is 0 Å². The molecule has 0 fully saturated rings. The van der Waals surface area contributed by atoms with Gasteiger partial charge in [0.05, 0.1) is 0 Å². The second-order valence-electron chi connectivity index (χ2n) is 2.87. The smallest absolute Gasteiger partial charge is 0.339 e. The summed E-state index contributed by atoms with van der Waals surface area (Å²) in [5.74, 6) is 1.33. The summed E-state index contributed by atoms with van der Waals surface area (Å²) in [6.07, 6.45) is 5.21. The number of terminal acetylenes is 1. The van der Waals surface area contributed by atoms with Crippen LogP contribution in [0.25, 0.3) is 10.9 Å². The molecule has 14 heavy (non-hydrogen) atoms. The normalized spacial score (nSPS) is 9.93. The van der Waals surface area contributed by atoms with Gasteiger partial charge in [0.15, 0.2) is 0 Å². The maximum Gasteiger partial charge on any atom is 0.339 e. The van der Waals surface area contributed by atoms with E-state index in [4.69, 9.17) is 11.5 Å². The lowest BCUT2D eigenvalue weighted by Crippen LogP contribution is -1.97. The van der Waals surface area contributed by atoms with Crippen molar-refractivity contribution < 1.29 is 9.90 Å².